The lowest BCUT2D eigenvalue weighted by atomic mass is 10.1. The lowest BCUT2D eigenvalue weighted by Crippen LogP contribution is -2.34. The minimum Gasteiger partial charge on any atom is -0.479 e. The average Bonchev–Trinajstić information content (AvgIpc) is 3.23. The van der Waals surface area contributed by atoms with Crippen LogP contribution in [0.4, 0.5) is 17.1 Å². The fourth-order valence-corrected chi connectivity index (χ4v) is 4.74. The number of carbonyl (C=O) groups excluding carboxylic acids is 2. The molecule has 0 fully saturated rings. The molecule has 172 valence electrons. The zero-order valence-corrected chi connectivity index (χ0v) is 19.6. The summed E-state index contributed by atoms with van der Waals surface area (Å²) in [6, 6.07) is 20.8. The van der Waals surface area contributed by atoms with E-state index < -0.39 is 12.1 Å². The van der Waals surface area contributed by atoms with Gasteiger partial charge in [-0.15, -0.1) is 11.3 Å². The Kier molecular flexibility index (Phi) is 5.90. The van der Waals surface area contributed by atoms with E-state index in [9.17, 15) is 9.59 Å². The molecule has 4 aromatic rings. The number of amides is 2. The molecular formula is C26H24N4O3S. The normalized spacial score (nSPS) is 15.7. The lowest BCUT2D eigenvalue weighted by molar-refractivity contribution is -0.122. The fourth-order valence-electron chi connectivity index (χ4n) is 3.74. The summed E-state index contributed by atoms with van der Waals surface area (Å²) in [5.74, 6) is 0.258. The van der Waals surface area contributed by atoms with Crippen LogP contribution < -0.4 is 20.7 Å². The molecule has 7 nitrogen and oxygen atoms in total. The van der Waals surface area contributed by atoms with E-state index in [1.165, 1.54) is 4.70 Å². The summed E-state index contributed by atoms with van der Waals surface area (Å²) in [5, 5.41) is 9.99. The number of benzene rings is 3. The molecule has 0 saturated carbocycles. The molecule has 3 aromatic carbocycles. The van der Waals surface area contributed by atoms with Crippen LogP contribution in [0.1, 0.15) is 24.4 Å². The Morgan fingerprint density at radius 3 is 2.68 bits per heavy atom. The van der Waals surface area contributed by atoms with Crippen molar-refractivity contribution in [2.24, 2.45) is 0 Å². The van der Waals surface area contributed by atoms with Crippen LogP contribution in [0.25, 0.3) is 10.2 Å². The highest BCUT2D eigenvalue weighted by molar-refractivity contribution is 7.18. The van der Waals surface area contributed by atoms with Crippen LogP contribution in [0.15, 0.2) is 66.7 Å². The first-order valence-corrected chi connectivity index (χ1v) is 11.9. The number of anilines is 3. The Balaban J connectivity index is 1.18. The largest absolute Gasteiger partial charge is 0.479 e. The first kappa shape index (κ1) is 21.9. The van der Waals surface area contributed by atoms with Gasteiger partial charge < -0.3 is 20.7 Å². The van der Waals surface area contributed by atoms with Crippen molar-refractivity contribution >= 4 is 50.4 Å². The van der Waals surface area contributed by atoms with Crippen molar-refractivity contribution in [3.05, 3.63) is 77.3 Å². The second-order valence-corrected chi connectivity index (χ2v) is 9.38. The molecule has 1 aromatic heterocycles. The number of nitrogens with zero attached hydrogens (tertiary/aromatic N) is 1. The van der Waals surface area contributed by atoms with E-state index in [-0.39, 0.29) is 11.8 Å². The van der Waals surface area contributed by atoms with Gasteiger partial charge in [0, 0.05) is 17.8 Å². The van der Waals surface area contributed by atoms with Gasteiger partial charge in [-0.05, 0) is 61.9 Å². The van der Waals surface area contributed by atoms with Gasteiger partial charge in [-0.25, -0.2) is 4.98 Å². The molecule has 0 saturated heterocycles. The van der Waals surface area contributed by atoms with Crippen LogP contribution >= 0.6 is 11.3 Å². The first-order valence-electron chi connectivity index (χ1n) is 11.1. The van der Waals surface area contributed by atoms with Gasteiger partial charge in [-0.2, -0.15) is 0 Å². The average molecular weight is 473 g/mol. The van der Waals surface area contributed by atoms with E-state index in [4.69, 9.17) is 4.74 Å². The molecule has 2 heterocycles. The fraction of sp³-hybridized carbons (Fsp3) is 0.192. The number of carbonyl (C=O) groups is 2. The van der Waals surface area contributed by atoms with Crippen LogP contribution in [0, 0.1) is 0 Å². The SMILES string of the molecule is C[C@@H](Nc1ccc2c(c1)NC(=O)[C@@H](C)O2)C(=O)Nc1ccc(Cc2nc3ccccc3s2)cc1. The summed E-state index contributed by atoms with van der Waals surface area (Å²) in [5.41, 5.74) is 4.19. The maximum absolute atomic E-state index is 12.7. The van der Waals surface area contributed by atoms with Gasteiger partial charge in [0.2, 0.25) is 5.91 Å². The van der Waals surface area contributed by atoms with E-state index in [0.29, 0.717) is 17.1 Å². The van der Waals surface area contributed by atoms with Gasteiger partial charge >= 0.3 is 0 Å². The minimum atomic E-state index is -0.524. The summed E-state index contributed by atoms with van der Waals surface area (Å²) in [6.45, 7) is 3.48. The van der Waals surface area contributed by atoms with Crippen molar-refractivity contribution < 1.29 is 14.3 Å². The van der Waals surface area contributed by atoms with Crippen LogP contribution in [0.3, 0.4) is 0 Å². The number of hydrogen-bond donors (Lipinski definition) is 3. The quantitative estimate of drug-likeness (QED) is 0.365. The van der Waals surface area contributed by atoms with Gasteiger partial charge in [0.25, 0.3) is 5.91 Å². The van der Waals surface area contributed by atoms with E-state index in [1.807, 2.05) is 48.5 Å². The van der Waals surface area contributed by atoms with Crippen molar-refractivity contribution in [2.45, 2.75) is 32.4 Å². The minimum absolute atomic E-state index is 0.162. The number of rotatable bonds is 6. The van der Waals surface area contributed by atoms with Gasteiger partial charge in [0.1, 0.15) is 11.8 Å². The van der Waals surface area contributed by atoms with Crippen molar-refractivity contribution in [1.29, 1.82) is 0 Å². The van der Waals surface area contributed by atoms with Crippen LogP contribution in [-0.2, 0) is 16.0 Å². The standard InChI is InChI=1S/C26H24N4O3S/c1-15(27-19-11-12-22-21(14-19)30-26(32)16(2)33-22)25(31)28-18-9-7-17(8-10-18)13-24-29-20-5-3-4-6-23(20)34-24/h3-12,14-16,27H,13H2,1-2H3,(H,28,31)(H,30,32)/t15-,16-/m1/s1. The van der Waals surface area contributed by atoms with E-state index in [0.717, 1.165) is 28.2 Å². The van der Waals surface area contributed by atoms with Gasteiger partial charge in [0.05, 0.1) is 20.9 Å². The zero-order chi connectivity index (χ0) is 23.7. The predicted octanol–water partition coefficient (Wildman–Crippen LogP) is 5.05. The summed E-state index contributed by atoms with van der Waals surface area (Å²) in [4.78, 5) is 29.2. The zero-order valence-electron chi connectivity index (χ0n) is 18.8. The number of aromatic nitrogens is 1. The molecule has 0 aliphatic carbocycles. The monoisotopic (exact) mass is 472 g/mol. The van der Waals surface area contributed by atoms with E-state index in [1.54, 1.807) is 37.3 Å². The molecule has 8 heteroatoms. The third-order valence-corrected chi connectivity index (χ3v) is 6.64. The van der Waals surface area contributed by atoms with Crippen LogP contribution in [-0.4, -0.2) is 28.9 Å². The molecule has 0 spiro atoms. The van der Waals surface area contributed by atoms with Crippen LogP contribution in [0.5, 0.6) is 5.75 Å². The Morgan fingerprint density at radius 1 is 1.12 bits per heavy atom. The molecular weight excluding hydrogens is 448 g/mol. The third kappa shape index (κ3) is 4.72. The molecule has 3 N–H and O–H groups in total. The van der Waals surface area contributed by atoms with Crippen LogP contribution in [0.2, 0.25) is 0 Å². The lowest BCUT2D eigenvalue weighted by Gasteiger charge is -2.24. The molecule has 34 heavy (non-hydrogen) atoms. The molecule has 2 atom stereocenters. The maximum atomic E-state index is 12.7. The van der Waals surface area contributed by atoms with Gasteiger partial charge in [0.15, 0.2) is 6.10 Å². The number of nitrogens with one attached hydrogen (secondary N) is 3. The highest BCUT2D eigenvalue weighted by atomic mass is 32.1. The Morgan fingerprint density at radius 2 is 1.88 bits per heavy atom. The predicted molar refractivity (Wildman–Crippen MR) is 136 cm³/mol. The maximum Gasteiger partial charge on any atom is 0.265 e. The highest BCUT2D eigenvalue weighted by Crippen LogP contribution is 2.32. The smallest absolute Gasteiger partial charge is 0.265 e. The van der Waals surface area contributed by atoms with Gasteiger partial charge in [-0.3, -0.25) is 9.59 Å². The van der Waals surface area contributed by atoms with Crippen molar-refractivity contribution in [3.8, 4) is 5.75 Å². The number of fused-ring (bicyclic) bond motifs is 2. The van der Waals surface area contributed by atoms with Crippen molar-refractivity contribution in [1.82, 2.24) is 4.98 Å². The molecule has 1 aliphatic heterocycles. The Bertz CT molecular complexity index is 1330. The summed E-state index contributed by atoms with van der Waals surface area (Å²) in [6.07, 6.45) is 0.228. The molecule has 5 rings (SSSR count). The van der Waals surface area contributed by atoms with E-state index in [2.05, 4.69) is 27.0 Å². The second kappa shape index (κ2) is 9.15. The summed E-state index contributed by atoms with van der Waals surface area (Å²) in [7, 11) is 0. The Hall–Kier alpha value is -3.91. The molecule has 0 unspecified atom stereocenters. The highest BCUT2D eigenvalue weighted by Gasteiger charge is 2.24. The van der Waals surface area contributed by atoms with E-state index >= 15 is 0 Å². The first-order chi connectivity index (χ1) is 16.4. The van der Waals surface area contributed by atoms with Crippen molar-refractivity contribution in [2.75, 3.05) is 16.0 Å². The van der Waals surface area contributed by atoms with Crippen molar-refractivity contribution in [3.63, 3.8) is 0 Å². The Labute approximate surface area is 201 Å². The molecule has 2 amide bonds. The number of para-hydroxylation sites is 1. The number of hydrogen-bond acceptors (Lipinski definition) is 6. The topological polar surface area (TPSA) is 92.4 Å². The van der Waals surface area contributed by atoms with Gasteiger partial charge in [-0.1, -0.05) is 24.3 Å². The third-order valence-electron chi connectivity index (χ3n) is 5.60. The number of thiazole rings is 1. The summed E-state index contributed by atoms with van der Waals surface area (Å²) >= 11 is 1.70. The molecule has 0 bridgehead atoms. The second-order valence-electron chi connectivity index (χ2n) is 8.26. The molecule has 0 radical (unpaired) electrons. The molecule has 1 aliphatic rings. The summed E-state index contributed by atoms with van der Waals surface area (Å²) < 4.78 is 6.76. The number of ether oxygens (including phenoxy) is 1.